The second-order valence-corrected chi connectivity index (χ2v) is 5.25. The Labute approximate surface area is 161 Å². The molecule has 0 atom stereocenters. The Morgan fingerprint density at radius 2 is 1.54 bits per heavy atom. The number of nitrogens with one attached hydrogen (secondary N) is 2. The van der Waals surface area contributed by atoms with Crippen molar-refractivity contribution in [2.45, 2.75) is 26.9 Å². The van der Waals surface area contributed by atoms with Gasteiger partial charge in [0.25, 0.3) is 0 Å². The molecule has 0 aromatic heterocycles. The first kappa shape index (κ1) is 20.3. The highest BCUT2D eigenvalue weighted by Gasteiger charge is 2.04. The largest absolute Gasteiger partial charge is 0.494 e. The van der Waals surface area contributed by atoms with Gasteiger partial charge in [0.2, 0.25) is 0 Å². The number of benzene rings is 2. The highest BCUT2D eigenvalue weighted by atomic mass is 127. The van der Waals surface area contributed by atoms with E-state index >= 15 is 0 Å². The maximum atomic E-state index is 5.65. The second-order valence-electron chi connectivity index (χ2n) is 5.25. The van der Waals surface area contributed by atoms with Crippen molar-refractivity contribution in [3.8, 4) is 5.75 Å². The number of rotatable bonds is 6. The minimum atomic E-state index is 0. The minimum absolute atomic E-state index is 0. The fraction of sp³-hybridized carbons (Fsp3) is 0.316. The van der Waals surface area contributed by atoms with E-state index in [0.29, 0.717) is 13.2 Å². The Hall–Kier alpha value is -1.76. The van der Waals surface area contributed by atoms with Gasteiger partial charge in [-0.1, -0.05) is 42.5 Å². The molecule has 0 saturated carbocycles. The third-order valence-electron chi connectivity index (χ3n) is 3.65. The molecular weight excluding hydrogens is 413 g/mol. The van der Waals surface area contributed by atoms with Crippen LogP contribution >= 0.6 is 24.0 Å². The lowest BCUT2D eigenvalue weighted by atomic mass is 10.1. The summed E-state index contributed by atoms with van der Waals surface area (Å²) in [5.74, 6) is 1.69. The molecular formula is C19H26IN3O. The standard InChI is InChI=1S/C19H25N3O.HI/c1-4-23-18-12-8-7-11-17(18)14-22-19(20-3)21-13-16-10-6-5-9-15(16)2;/h5-12H,4,13-14H2,1-3H3,(H2,20,21,22);1H. The Bertz CT molecular complexity index is 659. The van der Waals surface area contributed by atoms with Crippen LogP contribution in [0.5, 0.6) is 5.75 Å². The molecule has 0 bridgehead atoms. The van der Waals surface area contributed by atoms with E-state index in [1.54, 1.807) is 7.05 Å². The third kappa shape index (κ3) is 6.03. The molecule has 0 fully saturated rings. The van der Waals surface area contributed by atoms with Crippen molar-refractivity contribution in [2.75, 3.05) is 13.7 Å². The summed E-state index contributed by atoms with van der Waals surface area (Å²) in [6.45, 7) is 6.19. The van der Waals surface area contributed by atoms with Gasteiger partial charge >= 0.3 is 0 Å². The predicted octanol–water partition coefficient (Wildman–Crippen LogP) is 3.88. The molecule has 130 valence electrons. The number of aliphatic imine (C=N–C) groups is 1. The third-order valence-corrected chi connectivity index (χ3v) is 3.65. The molecule has 2 rings (SSSR count). The molecule has 0 spiro atoms. The van der Waals surface area contributed by atoms with Crippen molar-refractivity contribution in [2.24, 2.45) is 4.99 Å². The maximum Gasteiger partial charge on any atom is 0.191 e. The van der Waals surface area contributed by atoms with E-state index in [1.165, 1.54) is 11.1 Å². The molecule has 24 heavy (non-hydrogen) atoms. The first-order valence-corrected chi connectivity index (χ1v) is 7.94. The number of nitrogens with zero attached hydrogens (tertiary/aromatic N) is 1. The molecule has 0 amide bonds. The quantitative estimate of drug-likeness (QED) is 0.408. The van der Waals surface area contributed by atoms with E-state index in [0.717, 1.165) is 23.8 Å². The van der Waals surface area contributed by atoms with Gasteiger partial charge < -0.3 is 15.4 Å². The number of halogens is 1. The van der Waals surface area contributed by atoms with Crippen molar-refractivity contribution in [3.05, 3.63) is 65.2 Å². The molecule has 0 aliphatic heterocycles. The van der Waals surface area contributed by atoms with Crippen LogP contribution in [-0.4, -0.2) is 19.6 Å². The summed E-state index contributed by atoms with van der Waals surface area (Å²) >= 11 is 0. The molecule has 4 nitrogen and oxygen atoms in total. The maximum absolute atomic E-state index is 5.65. The van der Waals surface area contributed by atoms with Crippen LogP contribution in [0.1, 0.15) is 23.6 Å². The van der Waals surface area contributed by atoms with Crippen LogP contribution in [0, 0.1) is 6.92 Å². The van der Waals surface area contributed by atoms with E-state index in [4.69, 9.17) is 4.74 Å². The lowest BCUT2D eigenvalue weighted by molar-refractivity contribution is 0.336. The summed E-state index contributed by atoms with van der Waals surface area (Å²) < 4.78 is 5.65. The van der Waals surface area contributed by atoms with Gasteiger partial charge in [-0.3, -0.25) is 4.99 Å². The summed E-state index contributed by atoms with van der Waals surface area (Å²) in [7, 11) is 1.78. The molecule has 0 radical (unpaired) electrons. The molecule has 2 aromatic rings. The average Bonchev–Trinajstić information content (AvgIpc) is 2.58. The van der Waals surface area contributed by atoms with Gasteiger partial charge in [0.1, 0.15) is 5.75 Å². The van der Waals surface area contributed by atoms with E-state index in [1.807, 2.05) is 25.1 Å². The lowest BCUT2D eigenvalue weighted by Crippen LogP contribution is -2.36. The number of guanidine groups is 1. The molecule has 0 aliphatic carbocycles. The van der Waals surface area contributed by atoms with Crippen LogP contribution in [0.4, 0.5) is 0 Å². The predicted molar refractivity (Wildman–Crippen MR) is 111 cm³/mol. The van der Waals surface area contributed by atoms with E-state index in [-0.39, 0.29) is 24.0 Å². The van der Waals surface area contributed by atoms with Crippen LogP contribution < -0.4 is 15.4 Å². The van der Waals surface area contributed by atoms with Gasteiger partial charge in [-0.25, -0.2) is 0 Å². The number of hydrogen-bond acceptors (Lipinski definition) is 2. The zero-order valence-electron chi connectivity index (χ0n) is 14.5. The van der Waals surface area contributed by atoms with Gasteiger partial charge in [0.05, 0.1) is 6.61 Å². The van der Waals surface area contributed by atoms with Gasteiger partial charge in [-0.15, -0.1) is 24.0 Å². The fourth-order valence-corrected chi connectivity index (χ4v) is 2.33. The average molecular weight is 439 g/mol. The summed E-state index contributed by atoms with van der Waals surface area (Å²) in [6.07, 6.45) is 0. The van der Waals surface area contributed by atoms with E-state index in [2.05, 4.69) is 52.9 Å². The lowest BCUT2D eigenvalue weighted by Gasteiger charge is -2.15. The second kappa shape index (κ2) is 10.9. The van der Waals surface area contributed by atoms with Crippen LogP contribution in [0.2, 0.25) is 0 Å². The normalized spacial score (nSPS) is 10.7. The number of aryl methyl sites for hydroxylation is 1. The Balaban J connectivity index is 0.00000288. The number of ether oxygens (including phenoxy) is 1. The highest BCUT2D eigenvalue weighted by Crippen LogP contribution is 2.17. The highest BCUT2D eigenvalue weighted by molar-refractivity contribution is 14.0. The monoisotopic (exact) mass is 439 g/mol. The van der Waals surface area contributed by atoms with Crippen LogP contribution in [0.3, 0.4) is 0 Å². The van der Waals surface area contributed by atoms with Crippen molar-refractivity contribution < 1.29 is 4.74 Å². The molecule has 0 aliphatic rings. The van der Waals surface area contributed by atoms with Crippen LogP contribution in [-0.2, 0) is 13.1 Å². The molecule has 0 unspecified atom stereocenters. The van der Waals surface area contributed by atoms with Crippen molar-refractivity contribution in [1.82, 2.24) is 10.6 Å². The van der Waals surface area contributed by atoms with E-state index < -0.39 is 0 Å². The van der Waals surface area contributed by atoms with Crippen LogP contribution in [0.25, 0.3) is 0 Å². The summed E-state index contributed by atoms with van der Waals surface area (Å²) in [4.78, 5) is 4.28. The fourth-order valence-electron chi connectivity index (χ4n) is 2.33. The molecule has 2 N–H and O–H groups in total. The summed E-state index contributed by atoms with van der Waals surface area (Å²) in [5, 5.41) is 6.68. The molecule has 0 saturated heterocycles. The van der Waals surface area contributed by atoms with E-state index in [9.17, 15) is 0 Å². The van der Waals surface area contributed by atoms with Gasteiger partial charge in [-0.05, 0) is 31.0 Å². The molecule has 0 heterocycles. The Kier molecular flexibility index (Phi) is 9.22. The summed E-state index contributed by atoms with van der Waals surface area (Å²) in [6, 6.07) is 16.4. The number of para-hydroxylation sites is 1. The topological polar surface area (TPSA) is 45.6 Å². The zero-order chi connectivity index (χ0) is 16.5. The molecule has 2 aromatic carbocycles. The zero-order valence-corrected chi connectivity index (χ0v) is 16.8. The van der Waals surface area contributed by atoms with Crippen molar-refractivity contribution >= 4 is 29.9 Å². The van der Waals surface area contributed by atoms with Gasteiger partial charge in [0, 0.05) is 25.7 Å². The van der Waals surface area contributed by atoms with Crippen LogP contribution in [0.15, 0.2) is 53.5 Å². The number of hydrogen-bond donors (Lipinski definition) is 2. The van der Waals surface area contributed by atoms with Crippen molar-refractivity contribution in [3.63, 3.8) is 0 Å². The van der Waals surface area contributed by atoms with Crippen molar-refractivity contribution in [1.29, 1.82) is 0 Å². The SMILES string of the molecule is CCOc1ccccc1CNC(=NC)NCc1ccccc1C.I. The minimum Gasteiger partial charge on any atom is -0.494 e. The van der Waals surface area contributed by atoms with Gasteiger partial charge in [-0.2, -0.15) is 0 Å². The summed E-state index contributed by atoms with van der Waals surface area (Å²) in [5.41, 5.74) is 3.66. The molecule has 5 heteroatoms. The first-order chi connectivity index (χ1) is 11.2. The van der Waals surface area contributed by atoms with Gasteiger partial charge in [0.15, 0.2) is 5.96 Å². The Morgan fingerprint density at radius 1 is 0.958 bits per heavy atom. The first-order valence-electron chi connectivity index (χ1n) is 7.94. The Morgan fingerprint density at radius 3 is 2.17 bits per heavy atom. The smallest absolute Gasteiger partial charge is 0.191 e.